The summed E-state index contributed by atoms with van der Waals surface area (Å²) in [6, 6.07) is 6.76. The van der Waals surface area contributed by atoms with Crippen LogP contribution in [-0.4, -0.2) is 15.4 Å². The van der Waals surface area contributed by atoms with Gasteiger partial charge in [-0.1, -0.05) is 15.9 Å². The first kappa shape index (κ1) is 14.3. The number of rotatable bonds is 3. The summed E-state index contributed by atoms with van der Waals surface area (Å²) >= 11 is 3.35. The Bertz CT molecular complexity index is 674. The lowest BCUT2D eigenvalue weighted by molar-refractivity contribution is -0.384. The van der Waals surface area contributed by atoms with Crippen LogP contribution >= 0.6 is 15.9 Å². The summed E-state index contributed by atoms with van der Waals surface area (Å²) in [5.41, 5.74) is 1.75. The van der Waals surface area contributed by atoms with Crippen LogP contribution in [0.2, 0.25) is 0 Å². The zero-order valence-corrected chi connectivity index (χ0v) is 12.5. The second-order valence-electron chi connectivity index (χ2n) is 4.42. The van der Waals surface area contributed by atoms with Gasteiger partial charge in [-0.15, -0.1) is 0 Å². The maximum atomic E-state index is 12.1. The molecule has 0 aliphatic heterocycles. The van der Waals surface area contributed by atoms with Gasteiger partial charge in [0.1, 0.15) is 5.69 Å². The summed E-state index contributed by atoms with van der Waals surface area (Å²) in [4.78, 5) is 22.3. The summed E-state index contributed by atoms with van der Waals surface area (Å²) < 4.78 is 2.28. The van der Waals surface area contributed by atoms with E-state index in [-0.39, 0.29) is 11.4 Å². The van der Waals surface area contributed by atoms with Crippen molar-refractivity contribution in [3.05, 3.63) is 56.3 Å². The zero-order chi connectivity index (χ0) is 14.9. The molecule has 6 nitrogen and oxygen atoms in total. The molecule has 0 saturated heterocycles. The van der Waals surface area contributed by atoms with E-state index in [2.05, 4.69) is 21.2 Å². The van der Waals surface area contributed by atoms with Crippen molar-refractivity contribution >= 4 is 33.2 Å². The number of aromatic nitrogens is 1. The van der Waals surface area contributed by atoms with Crippen LogP contribution in [0.4, 0.5) is 11.4 Å². The molecule has 2 aromatic rings. The summed E-state index contributed by atoms with van der Waals surface area (Å²) in [7, 11) is 1.59. The van der Waals surface area contributed by atoms with Crippen molar-refractivity contribution in [2.45, 2.75) is 6.92 Å². The van der Waals surface area contributed by atoms with Crippen LogP contribution in [0.15, 0.2) is 34.9 Å². The van der Waals surface area contributed by atoms with Gasteiger partial charge in [-0.25, -0.2) is 0 Å². The van der Waals surface area contributed by atoms with Crippen molar-refractivity contribution in [1.29, 1.82) is 0 Å². The third-order valence-corrected chi connectivity index (χ3v) is 3.19. The Balaban J connectivity index is 2.26. The number of carbonyl (C=O) groups is 1. The van der Waals surface area contributed by atoms with E-state index < -0.39 is 10.8 Å². The third kappa shape index (κ3) is 3.05. The van der Waals surface area contributed by atoms with E-state index >= 15 is 0 Å². The first-order chi connectivity index (χ1) is 9.36. The summed E-state index contributed by atoms with van der Waals surface area (Å²) in [5, 5.41) is 13.4. The van der Waals surface area contributed by atoms with Crippen LogP contribution in [0, 0.1) is 17.0 Å². The fourth-order valence-corrected chi connectivity index (χ4v) is 2.48. The van der Waals surface area contributed by atoms with E-state index in [1.54, 1.807) is 13.1 Å². The number of hydrogen-bond acceptors (Lipinski definition) is 3. The van der Waals surface area contributed by atoms with Gasteiger partial charge >= 0.3 is 0 Å². The first-order valence-electron chi connectivity index (χ1n) is 5.76. The number of nitro groups is 1. The Morgan fingerprint density at radius 1 is 1.35 bits per heavy atom. The van der Waals surface area contributed by atoms with Crippen LogP contribution in [0.1, 0.15) is 16.1 Å². The van der Waals surface area contributed by atoms with E-state index in [1.165, 1.54) is 16.8 Å². The van der Waals surface area contributed by atoms with Crippen molar-refractivity contribution in [3.8, 4) is 0 Å². The molecular formula is C13H12BrN3O3. The largest absolute Gasteiger partial charge is 0.340 e. The number of nitrogens with one attached hydrogen (secondary N) is 1. The second kappa shape index (κ2) is 5.46. The minimum Gasteiger partial charge on any atom is -0.340 e. The molecule has 1 amide bonds. The Hall–Kier alpha value is -2.15. The molecule has 0 radical (unpaired) electrons. The highest BCUT2D eigenvalue weighted by Gasteiger charge is 2.17. The molecule has 0 aliphatic carbocycles. The van der Waals surface area contributed by atoms with Gasteiger partial charge in [-0.05, 0) is 30.7 Å². The number of nitrogens with zero attached hydrogens (tertiary/aromatic N) is 2. The fraction of sp³-hybridized carbons (Fsp3) is 0.154. The molecule has 7 heteroatoms. The van der Waals surface area contributed by atoms with Crippen molar-refractivity contribution in [2.75, 3.05) is 5.32 Å². The smallest absolute Gasteiger partial charge is 0.287 e. The molecule has 20 heavy (non-hydrogen) atoms. The predicted molar refractivity (Wildman–Crippen MR) is 78.9 cm³/mol. The Morgan fingerprint density at radius 2 is 2.05 bits per heavy atom. The molecule has 0 saturated carbocycles. The predicted octanol–water partition coefficient (Wildman–Crippen LogP) is 3.26. The van der Waals surface area contributed by atoms with Crippen molar-refractivity contribution in [3.63, 3.8) is 0 Å². The maximum Gasteiger partial charge on any atom is 0.287 e. The molecule has 1 heterocycles. The van der Waals surface area contributed by atoms with Crippen LogP contribution < -0.4 is 5.32 Å². The van der Waals surface area contributed by atoms with Crippen LogP contribution in [0.3, 0.4) is 0 Å². The first-order valence-corrected chi connectivity index (χ1v) is 6.55. The molecule has 1 aromatic heterocycles. The lowest BCUT2D eigenvalue weighted by Gasteiger charge is -2.07. The van der Waals surface area contributed by atoms with Gasteiger partial charge in [0.15, 0.2) is 0 Å². The SMILES string of the molecule is Cc1cc(Br)cc(NC(=O)c2cc([N+](=O)[O-])cn2C)c1. The third-order valence-electron chi connectivity index (χ3n) is 2.73. The van der Waals surface area contributed by atoms with Crippen LogP contribution in [-0.2, 0) is 7.05 Å². The number of benzene rings is 1. The maximum absolute atomic E-state index is 12.1. The number of halogens is 1. The highest BCUT2D eigenvalue weighted by Crippen LogP contribution is 2.21. The van der Waals surface area contributed by atoms with E-state index in [0.29, 0.717) is 5.69 Å². The summed E-state index contributed by atoms with van der Waals surface area (Å²) in [6.45, 7) is 1.91. The molecule has 104 valence electrons. The van der Waals surface area contributed by atoms with E-state index in [4.69, 9.17) is 0 Å². The number of hydrogen-bond donors (Lipinski definition) is 1. The topological polar surface area (TPSA) is 77.2 Å². The number of aryl methyl sites for hydroxylation is 2. The van der Waals surface area contributed by atoms with Crippen LogP contribution in [0.5, 0.6) is 0 Å². The highest BCUT2D eigenvalue weighted by molar-refractivity contribution is 9.10. The van der Waals surface area contributed by atoms with Crippen molar-refractivity contribution in [2.24, 2.45) is 7.05 Å². The van der Waals surface area contributed by atoms with Crippen LogP contribution in [0.25, 0.3) is 0 Å². The second-order valence-corrected chi connectivity index (χ2v) is 5.34. The Kier molecular flexibility index (Phi) is 3.89. The molecular weight excluding hydrogens is 326 g/mol. The highest BCUT2D eigenvalue weighted by atomic mass is 79.9. The molecule has 0 aliphatic rings. The lowest BCUT2D eigenvalue weighted by Crippen LogP contribution is -2.15. The lowest BCUT2D eigenvalue weighted by atomic mass is 10.2. The molecule has 0 unspecified atom stereocenters. The van der Waals surface area contributed by atoms with E-state index in [9.17, 15) is 14.9 Å². The van der Waals surface area contributed by atoms with Gasteiger partial charge in [0.25, 0.3) is 11.6 Å². The Morgan fingerprint density at radius 3 is 2.60 bits per heavy atom. The standard InChI is InChI=1S/C13H12BrN3O3/c1-8-3-9(14)5-10(4-8)15-13(18)12-6-11(17(19)20)7-16(12)2/h3-7H,1-2H3,(H,15,18). The van der Waals surface area contributed by atoms with Gasteiger partial charge in [-0.2, -0.15) is 0 Å². The average Bonchev–Trinajstić information content (AvgIpc) is 2.70. The van der Waals surface area contributed by atoms with Gasteiger partial charge in [0.2, 0.25) is 0 Å². The molecule has 2 rings (SSSR count). The molecule has 1 N–H and O–H groups in total. The number of anilines is 1. The fourth-order valence-electron chi connectivity index (χ4n) is 1.88. The monoisotopic (exact) mass is 337 g/mol. The normalized spacial score (nSPS) is 10.3. The van der Waals surface area contributed by atoms with Gasteiger partial charge in [-0.3, -0.25) is 14.9 Å². The quantitative estimate of drug-likeness (QED) is 0.689. The summed E-state index contributed by atoms with van der Waals surface area (Å²) in [6.07, 6.45) is 1.31. The number of carbonyl (C=O) groups excluding carboxylic acids is 1. The average molecular weight is 338 g/mol. The van der Waals surface area contributed by atoms with Crippen molar-refractivity contribution < 1.29 is 9.72 Å². The minimum atomic E-state index is -0.528. The molecule has 0 atom stereocenters. The Labute approximate surface area is 123 Å². The molecule has 0 spiro atoms. The van der Waals surface area contributed by atoms with Gasteiger partial charge in [0, 0.05) is 23.3 Å². The van der Waals surface area contributed by atoms with Gasteiger partial charge < -0.3 is 9.88 Å². The van der Waals surface area contributed by atoms with E-state index in [0.717, 1.165) is 10.0 Å². The van der Waals surface area contributed by atoms with E-state index in [1.807, 2.05) is 19.1 Å². The minimum absolute atomic E-state index is 0.108. The number of amides is 1. The zero-order valence-electron chi connectivity index (χ0n) is 10.9. The molecule has 1 aromatic carbocycles. The summed E-state index contributed by atoms with van der Waals surface area (Å²) in [5.74, 6) is -0.391. The van der Waals surface area contributed by atoms with Gasteiger partial charge in [0.05, 0.1) is 11.1 Å². The molecule has 0 fully saturated rings. The van der Waals surface area contributed by atoms with Crippen molar-refractivity contribution in [1.82, 2.24) is 4.57 Å². The molecule has 0 bridgehead atoms.